The highest BCUT2D eigenvalue weighted by atomic mass is 35.5. The summed E-state index contributed by atoms with van der Waals surface area (Å²) in [5, 5.41) is 19.4. The minimum atomic E-state index is -0.558. The Bertz CT molecular complexity index is 728. The summed E-state index contributed by atoms with van der Waals surface area (Å²) in [4.78, 5) is 12.1. The van der Waals surface area contributed by atoms with Crippen molar-refractivity contribution in [2.24, 2.45) is 10.3 Å². The number of oxime groups is 1. The van der Waals surface area contributed by atoms with Crippen LogP contribution in [0.25, 0.3) is 0 Å². The lowest BCUT2D eigenvalue weighted by Crippen LogP contribution is -2.29. The third kappa shape index (κ3) is 4.82. The SMILES string of the molecule is CC(=NNc1ccc(Cl)cc1)C(=NO)C(=O)Nc1ccccc1. The van der Waals surface area contributed by atoms with Crippen molar-refractivity contribution in [3.05, 3.63) is 59.6 Å². The van der Waals surface area contributed by atoms with Crippen LogP contribution < -0.4 is 10.7 Å². The number of carbonyl (C=O) groups excluding carboxylic acids is 1. The molecule has 118 valence electrons. The summed E-state index contributed by atoms with van der Waals surface area (Å²) in [6.07, 6.45) is 0. The molecular formula is C16H15ClN4O2. The maximum Gasteiger partial charge on any atom is 0.279 e. The minimum Gasteiger partial charge on any atom is -0.410 e. The van der Waals surface area contributed by atoms with Gasteiger partial charge in [-0.25, -0.2) is 0 Å². The van der Waals surface area contributed by atoms with Gasteiger partial charge in [0.25, 0.3) is 5.91 Å². The second kappa shape index (κ2) is 7.95. The Morgan fingerprint density at radius 3 is 2.30 bits per heavy atom. The van der Waals surface area contributed by atoms with Gasteiger partial charge in [0.2, 0.25) is 0 Å². The van der Waals surface area contributed by atoms with Crippen LogP contribution in [-0.2, 0) is 4.79 Å². The van der Waals surface area contributed by atoms with Crippen LogP contribution in [0.4, 0.5) is 11.4 Å². The fourth-order valence-corrected chi connectivity index (χ4v) is 1.85. The van der Waals surface area contributed by atoms with Crippen LogP contribution in [0.15, 0.2) is 64.9 Å². The van der Waals surface area contributed by atoms with Crippen LogP contribution in [0.5, 0.6) is 0 Å². The number of para-hydroxylation sites is 1. The van der Waals surface area contributed by atoms with E-state index in [9.17, 15) is 4.79 Å². The first kappa shape index (κ1) is 16.5. The average molecular weight is 331 g/mol. The van der Waals surface area contributed by atoms with Crippen molar-refractivity contribution in [3.63, 3.8) is 0 Å². The van der Waals surface area contributed by atoms with Crippen molar-refractivity contribution in [2.45, 2.75) is 6.92 Å². The standard InChI is InChI=1S/C16H15ClN4O2/c1-11(19-20-14-9-7-12(17)8-10-14)15(21-23)16(22)18-13-5-3-2-4-6-13/h2-10,20,23H,1H3,(H,18,22). The Kier molecular flexibility index (Phi) is 5.71. The molecule has 2 aromatic rings. The zero-order valence-electron chi connectivity index (χ0n) is 12.3. The molecule has 6 nitrogen and oxygen atoms in total. The Morgan fingerprint density at radius 2 is 1.70 bits per heavy atom. The van der Waals surface area contributed by atoms with Crippen molar-refractivity contribution >= 4 is 40.3 Å². The third-order valence-electron chi connectivity index (χ3n) is 2.89. The molecule has 2 rings (SSSR count). The monoisotopic (exact) mass is 330 g/mol. The fourth-order valence-electron chi connectivity index (χ4n) is 1.72. The number of carbonyl (C=O) groups is 1. The average Bonchev–Trinajstić information content (AvgIpc) is 2.56. The Balaban J connectivity index is 2.05. The number of rotatable bonds is 5. The van der Waals surface area contributed by atoms with E-state index in [1.54, 1.807) is 55.5 Å². The third-order valence-corrected chi connectivity index (χ3v) is 3.14. The van der Waals surface area contributed by atoms with Gasteiger partial charge in [0.1, 0.15) is 0 Å². The molecule has 0 fully saturated rings. The zero-order chi connectivity index (χ0) is 16.7. The van der Waals surface area contributed by atoms with E-state index in [2.05, 4.69) is 21.0 Å². The van der Waals surface area contributed by atoms with Gasteiger partial charge < -0.3 is 10.5 Å². The summed E-state index contributed by atoms with van der Waals surface area (Å²) in [6, 6.07) is 15.7. The van der Waals surface area contributed by atoms with E-state index in [4.69, 9.17) is 16.8 Å². The molecule has 0 bridgehead atoms. The van der Waals surface area contributed by atoms with Gasteiger partial charge in [0.05, 0.1) is 11.4 Å². The van der Waals surface area contributed by atoms with Crippen molar-refractivity contribution in [3.8, 4) is 0 Å². The molecule has 3 N–H and O–H groups in total. The van der Waals surface area contributed by atoms with Gasteiger partial charge in [0.15, 0.2) is 5.71 Å². The number of amides is 1. The summed E-state index contributed by atoms with van der Waals surface area (Å²) >= 11 is 5.80. The molecule has 0 atom stereocenters. The van der Waals surface area contributed by atoms with E-state index in [-0.39, 0.29) is 11.4 Å². The molecule has 7 heteroatoms. The van der Waals surface area contributed by atoms with Gasteiger partial charge in [-0.3, -0.25) is 10.2 Å². The molecule has 0 aliphatic heterocycles. The van der Waals surface area contributed by atoms with Gasteiger partial charge in [0, 0.05) is 10.7 Å². The smallest absolute Gasteiger partial charge is 0.279 e. The van der Waals surface area contributed by atoms with Crippen molar-refractivity contribution in [1.29, 1.82) is 0 Å². The fraction of sp³-hybridized carbons (Fsp3) is 0.0625. The largest absolute Gasteiger partial charge is 0.410 e. The van der Waals surface area contributed by atoms with Crippen LogP contribution in [-0.4, -0.2) is 22.5 Å². The van der Waals surface area contributed by atoms with Crippen LogP contribution in [0.2, 0.25) is 5.02 Å². The highest BCUT2D eigenvalue weighted by molar-refractivity contribution is 6.68. The van der Waals surface area contributed by atoms with E-state index in [1.807, 2.05) is 6.07 Å². The minimum absolute atomic E-state index is 0.185. The molecule has 0 radical (unpaired) electrons. The second-order valence-corrected chi connectivity index (χ2v) is 5.02. The molecule has 0 saturated carbocycles. The van der Waals surface area contributed by atoms with E-state index < -0.39 is 5.91 Å². The van der Waals surface area contributed by atoms with E-state index >= 15 is 0 Å². The van der Waals surface area contributed by atoms with Gasteiger partial charge in [-0.1, -0.05) is 35.0 Å². The molecule has 0 unspecified atom stereocenters. The molecule has 23 heavy (non-hydrogen) atoms. The molecule has 0 aromatic heterocycles. The Hall–Kier alpha value is -2.86. The summed E-state index contributed by atoms with van der Waals surface area (Å²) < 4.78 is 0. The summed E-state index contributed by atoms with van der Waals surface area (Å²) in [5.74, 6) is -0.558. The number of nitrogens with one attached hydrogen (secondary N) is 2. The number of hydrogen-bond acceptors (Lipinski definition) is 5. The highest BCUT2D eigenvalue weighted by Crippen LogP contribution is 2.13. The quantitative estimate of drug-likeness (QED) is 0.445. The van der Waals surface area contributed by atoms with Crippen molar-refractivity contribution < 1.29 is 10.0 Å². The Labute approximate surface area is 138 Å². The van der Waals surface area contributed by atoms with E-state index in [0.717, 1.165) is 0 Å². The lowest BCUT2D eigenvalue weighted by Gasteiger charge is -2.07. The van der Waals surface area contributed by atoms with Gasteiger partial charge in [-0.15, -0.1) is 0 Å². The van der Waals surface area contributed by atoms with Crippen LogP contribution >= 0.6 is 11.6 Å². The number of hydrazone groups is 1. The Morgan fingerprint density at radius 1 is 1.04 bits per heavy atom. The highest BCUT2D eigenvalue weighted by Gasteiger charge is 2.16. The summed E-state index contributed by atoms with van der Waals surface area (Å²) in [6.45, 7) is 1.56. The number of halogens is 1. The van der Waals surface area contributed by atoms with Crippen LogP contribution in [0.1, 0.15) is 6.92 Å². The molecule has 1 amide bonds. The topological polar surface area (TPSA) is 86.1 Å². The maximum atomic E-state index is 12.1. The molecule has 0 aliphatic rings. The molecule has 0 spiro atoms. The van der Waals surface area contributed by atoms with Crippen molar-refractivity contribution in [2.75, 3.05) is 10.7 Å². The van der Waals surface area contributed by atoms with E-state index in [0.29, 0.717) is 16.4 Å². The van der Waals surface area contributed by atoms with Gasteiger partial charge >= 0.3 is 0 Å². The lowest BCUT2D eigenvalue weighted by atomic mass is 10.2. The first-order valence-corrected chi connectivity index (χ1v) is 7.12. The second-order valence-electron chi connectivity index (χ2n) is 4.58. The molecule has 0 saturated heterocycles. The molecule has 2 aromatic carbocycles. The summed E-state index contributed by atoms with van der Waals surface area (Å²) in [5.41, 5.74) is 4.09. The van der Waals surface area contributed by atoms with Crippen molar-refractivity contribution in [1.82, 2.24) is 0 Å². The van der Waals surface area contributed by atoms with Gasteiger partial charge in [-0.05, 0) is 43.3 Å². The van der Waals surface area contributed by atoms with E-state index in [1.165, 1.54) is 0 Å². The maximum absolute atomic E-state index is 12.1. The van der Waals surface area contributed by atoms with Crippen LogP contribution in [0.3, 0.4) is 0 Å². The number of benzene rings is 2. The number of nitrogens with zero attached hydrogens (tertiary/aromatic N) is 2. The summed E-state index contributed by atoms with van der Waals surface area (Å²) in [7, 11) is 0. The molecular weight excluding hydrogens is 316 g/mol. The first-order chi connectivity index (χ1) is 11.1. The van der Waals surface area contributed by atoms with Gasteiger partial charge in [-0.2, -0.15) is 5.10 Å². The lowest BCUT2D eigenvalue weighted by molar-refractivity contribution is -0.110. The number of anilines is 2. The molecule has 0 heterocycles. The normalized spacial score (nSPS) is 11.9. The van der Waals surface area contributed by atoms with Crippen LogP contribution in [0, 0.1) is 0 Å². The zero-order valence-corrected chi connectivity index (χ0v) is 13.1. The number of hydrogen-bond donors (Lipinski definition) is 3. The molecule has 0 aliphatic carbocycles. The first-order valence-electron chi connectivity index (χ1n) is 6.75. The predicted octanol–water partition coefficient (Wildman–Crippen LogP) is 3.60. The predicted molar refractivity (Wildman–Crippen MR) is 92.5 cm³/mol.